The molecule has 0 saturated carbocycles. The van der Waals surface area contributed by atoms with Gasteiger partial charge in [0.05, 0.1) is 18.0 Å². The zero-order chi connectivity index (χ0) is 15.2. The van der Waals surface area contributed by atoms with Gasteiger partial charge in [-0.2, -0.15) is 5.10 Å². The Labute approximate surface area is 124 Å². The van der Waals surface area contributed by atoms with Crippen molar-refractivity contribution in [2.75, 3.05) is 11.9 Å². The average molecular weight is 285 g/mol. The highest BCUT2D eigenvalue weighted by molar-refractivity contribution is 5.83. The summed E-state index contributed by atoms with van der Waals surface area (Å²) in [4.78, 5) is 11.4. The molecule has 5 heteroatoms. The van der Waals surface area contributed by atoms with Gasteiger partial charge in [-0.15, -0.1) is 0 Å². The molecule has 110 valence electrons. The first-order valence-electron chi connectivity index (χ1n) is 6.84. The van der Waals surface area contributed by atoms with Gasteiger partial charge in [-0.05, 0) is 32.9 Å². The number of ether oxygens (including phenoxy) is 1. The lowest BCUT2D eigenvalue weighted by atomic mass is 10.3. The second-order valence-electron chi connectivity index (χ2n) is 4.62. The maximum absolute atomic E-state index is 11.4. The van der Waals surface area contributed by atoms with Crippen LogP contribution in [0.2, 0.25) is 0 Å². The summed E-state index contributed by atoms with van der Waals surface area (Å²) in [6.45, 7) is 5.88. The molecule has 0 saturated heterocycles. The lowest BCUT2D eigenvalue weighted by Gasteiger charge is -2.09. The van der Waals surface area contributed by atoms with E-state index in [0.29, 0.717) is 12.3 Å². The second kappa shape index (κ2) is 6.74. The van der Waals surface area contributed by atoms with Crippen LogP contribution in [0.15, 0.2) is 48.2 Å². The van der Waals surface area contributed by atoms with Crippen molar-refractivity contribution in [3.05, 3.63) is 53.9 Å². The van der Waals surface area contributed by atoms with Gasteiger partial charge in [0.25, 0.3) is 0 Å². The van der Waals surface area contributed by atoms with Crippen molar-refractivity contribution in [3.8, 4) is 5.69 Å². The largest absolute Gasteiger partial charge is 0.463 e. The van der Waals surface area contributed by atoms with Crippen molar-refractivity contribution >= 4 is 11.8 Å². The minimum Gasteiger partial charge on any atom is -0.463 e. The quantitative estimate of drug-likeness (QED) is 0.677. The van der Waals surface area contributed by atoms with Gasteiger partial charge in [0.15, 0.2) is 0 Å². The van der Waals surface area contributed by atoms with E-state index in [9.17, 15) is 4.79 Å². The number of para-hydroxylation sites is 1. The van der Waals surface area contributed by atoms with Crippen molar-refractivity contribution in [1.29, 1.82) is 0 Å². The van der Waals surface area contributed by atoms with Gasteiger partial charge < -0.3 is 10.1 Å². The average Bonchev–Trinajstić information content (AvgIpc) is 2.80. The van der Waals surface area contributed by atoms with Crippen LogP contribution < -0.4 is 5.32 Å². The Kier molecular flexibility index (Phi) is 4.77. The molecule has 0 aliphatic carbocycles. The number of esters is 1. The zero-order valence-electron chi connectivity index (χ0n) is 12.5. The Hall–Kier alpha value is -2.56. The molecule has 0 amide bonds. The fourth-order valence-electron chi connectivity index (χ4n) is 1.95. The lowest BCUT2D eigenvalue weighted by molar-refractivity contribution is -0.137. The van der Waals surface area contributed by atoms with Crippen molar-refractivity contribution in [3.63, 3.8) is 0 Å². The summed E-state index contributed by atoms with van der Waals surface area (Å²) in [6.07, 6.45) is 1.43. The third-order valence-electron chi connectivity index (χ3n) is 2.78. The highest BCUT2D eigenvalue weighted by Gasteiger charge is 2.08. The van der Waals surface area contributed by atoms with E-state index in [0.717, 1.165) is 17.2 Å². The number of hydrogen-bond donors (Lipinski definition) is 1. The molecule has 0 unspecified atom stereocenters. The Balaban J connectivity index is 2.23. The summed E-state index contributed by atoms with van der Waals surface area (Å²) in [5, 5.41) is 7.64. The number of anilines is 1. The molecule has 1 N–H and O–H groups in total. The highest BCUT2D eigenvalue weighted by Crippen LogP contribution is 2.18. The number of nitrogens with zero attached hydrogens (tertiary/aromatic N) is 2. The Morgan fingerprint density at radius 3 is 2.76 bits per heavy atom. The van der Waals surface area contributed by atoms with E-state index in [4.69, 9.17) is 4.74 Å². The molecular weight excluding hydrogens is 266 g/mol. The van der Waals surface area contributed by atoms with Crippen LogP contribution in [0.5, 0.6) is 0 Å². The fraction of sp³-hybridized carbons (Fsp3) is 0.250. The second-order valence-corrected chi connectivity index (χ2v) is 4.62. The number of carbonyl (C=O) groups is 1. The van der Waals surface area contributed by atoms with Crippen LogP contribution in [0.4, 0.5) is 5.82 Å². The molecule has 0 spiro atoms. The minimum atomic E-state index is -0.356. The number of aromatic nitrogens is 2. The van der Waals surface area contributed by atoms with Gasteiger partial charge >= 0.3 is 5.97 Å². The van der Waals surface area contributed by atoms with Crippen LogP contribution in [0.1, 0.15) is 19.5 Å². The normalized spacial score (nSPS) is 11.3. The predicted octanol–water partition coefficient (Wildman–Crippen LogP) is 3.06. The third-order valence-corrected chi connectivity index (χ3v) is 2.78. The zero-order valence-corrected chi connectivity index (χ0v) is 12.5. The fourth-order valence-corrected chi connectivity index (χ4v) is 1.95. The number of carbonyl (C=O) groups excluding carboxylic acids is 1. The molecular formula is C16H19N3O2. The SMILES string of the molecule is CCOC(=O)/C=C(/C)Nc1cc(C)nn1-c1ccccc1. The van der Waals surface area contributed by atoms with E-state index in [1.807, 2.05) is 50.2 Å². The van der Waals surface area contributed by atoms with Gasteiger partial charge in [0.1, 0.15) is 5.82 Å². The Morgan fingerprint density at radius 2 is 2.10 bits per heavy atom. The smallest absolute Gasteiger partial charge is 0.332 e. The van der Waals surface area contributed by atoms with Crippen LogP contribution in [-0.2, 0) is 9.53 Å². The van der Waals surface area contributed by atoms with Gasteiger partial charge in [-0.3, -0.25) is 0 Å². The molecule has 0 aliphatic heterocycles. The number of benzene rings is 1. The van der Waals surface area contributed by atoms with Crippen molar-refractivity contribution in [1.82, 2.24) is 9.78 Å². The number of allylic oxidation sites excluding steroid dienone is 1. The van der Waals surface area contributed by atoms with Crippen LogP contribution in [-0.4, -0.2) is 22.4 Å². The topological polar surface area (TPSA) is 56.1 Å². The standard InChI is InChI=1S/C16H19N3O2/c1-4-21-16(20)11-12(2)17-15-10-13(3)18-19(15)14-8-6-5-7-9-14/h5-11,17H,4H2,1-3H3/b12-11-. The first-order valence-corrected chi connectivity index (χ1v) is 6.84. The van der Waals surface area contributed by atoms with Crippen LogP contribution in [0.3, 0.4) is 0 Å². The third kappa shape index (κ3) is 3.95. The molecule has 2 rings (SSSR count). The first kappa shape index (κ1) is 14.8. The van der Waals surface area contributed by atoms with E-state index in [1.165, 1.54) is 6.08 Å². The van der Waals surface area contributed by atoms with Gasteiger partial charge in [-0.25, -0.2) is 9.48 Å². The number of aryl methyl sites for hydroxylation is 1. The number of rotatable bonds is 5. The van der Waals surface area contributed by atoms with Gasteiger partial charge in [0.2, 0.25) is 0 Å². The molecule has 1 aromatic carbocycles. The Bertz CT molecular complexity index is 645. The predicted molar refractivity (Wildman–Crippen MR) is 82.3 cm³/mol. The highest BCUT2D eigenvalue weighted by atomic mass is 16.5. The Morgan fingerprint density at radius 1 is 1.38 bits per heavy atom. The molecule has 1 heterocycles. The first-order chi connectivity index (χ1) is 10.1. The summed E-state index contributed by atoms with van der Waals surface area (Å²) >= 11 is 0. The van der Waals surface area contributed by atoms with Crippen LogP contribution >= 0.6 is 0 Å². The summed E-state index contributed by atoms with van der Waals surface area (Å²) in [6, 6.07) is 11.7. The minimum absolute atomic E-state index is 0.356. The maximum atomic E-state index is 11.4. The summed E-state index contributed by atoms with van der Waals surface area (Å²) in [7, 11) is 0. The van der Waals surface area contributed by atoms with E-state index >= 15 is 0 Å². The van der Waals surface area contributed by atoms with Crippen molar-refractivity contribution in [2.45, 2.75) is 20.8 Å². The summed E-state index contributed by atoms with van der Waals surface area (Å²) in [5.41, 5.74) is 2.55. The van der Waals surface area contributed by atoms with E-state index in [1.54, 1.807) is 11.6 Å². The van der Waals surface area contributed by atoms with E-state index < -0.39 is 0 Å². The molecule has 2 aromatic rings. The molecule has 0 bridgehead atoms. The molecule has 0 atom stereocenters. The van der Waals surface area contributed by atoms with Gasteiger partial charge in [-0.1, -0.05) is 18.2 Å². The van der Waals surface area contributed by atoms with Gasteiger partial charge in [0, 0.05) is 17.8 Å². The number of hydrogen-bond acceptors (Lipinski definition) is 4. The molecule has 5 nitrogen and oxygen atoms in total. The van der Waals surface area contributed by atoms with Crippen LogP contribution in [0, 0.1) is 6.92 Å². The summed E-state index contributed by atoms with van der Waals surface area (Å²) < 4.78 is 6.70. The summed E-state index contributed by atoms with van der Waals surface area (Å²) in [5.74, 6) is 0.446. The van der Waals surface area contributed by atoms with Crippen molar-refractivity contribution in [2.24, 2.45) is 0 Å². The molecule has 21 heavy (non-hydrogen) atoms. The lowest BCUT2D eigenvalue weighted by Crippen LogP contribution is -2.07. The van der Waals surface area contributed by atoms with E-state index in [2.05, 4.69) is 10.4 Å². The molecule has 0 fully saturated rings. The molecule has 0 radical (unpaired) electrons. The monoisotopic (exact) mass is 285 g/mol. The van der Waals surface area contributed by atoms with E-state index in [-0.39, 0.29) is 5.97 Å². The van der Waals surface area contributed by atoms with Crippen molar-refractivity contribution < 1.29 is 9.53 Å². The maximum Gasteiger partial charge on any atom is 0.332 e. The number of nitrogens with one attached hydrogen (secondary N) is 1. The molecule has 0 aliphatic rings. The molecule has 1 aromatic heterocycles. The van der Waals surface area contributed by atoms with Crippen LogP contribution in [0.25, 0.3) is 5.69 Å².